The Morgan fingerprint density at radius 1 is 1.41 bits per heavy atom. The maximum atomic E-state index is 13.7. The van der Waals surface area contributed by atoms with Crippen molar-refractivity contribution < 1.29 is 9.18 Å². The van der Waals surface area contributed by atoms with Gasteiger partial charge in [-0.1, -0.05) is 0 Å². The van der Waals surface area contributed by atoms with Gasteiger partial charge in [-0.15, -0.1) is 0 Å². The molecule has 2 aromatic heterocycles. The second kappa shape index (κ2) is 4.60. The monoisotopic (exact) mass is 235 g/mol. The molecule has 17 heavy (non-hydrogen) atoms. The van der Waals surface area contributed by atoms with E-state index < -0.39 is 11.7 Å². The Bertz CT molecular complexity index is 525. The molecule has 0 saturated carbocycles. The number of pyridine rings is 1. The summed E-state index contributed by atoms with van der Waals surface area (Å²) < 4.78 is 13.7. The van der Waals surface area contributed by atoms with Crippen LogP contribution in [0.4, 0.5) is 16.2 Å². The summed E-state index contributed by atoms with van der Waals surface area (Å²) in [5, 5.41) is 4.99. The number of nitrogens with zero attached hydrogens (tertiary/aromatic N) is 2. The predicted molar refractivity (Wildman–Crippen MR) is 60.3 cm³/mol. The minimum Gasteiger partial charge on any atom is -0.371 e. The summed E-state index contributed by atoms with van der Waals surface area (Å²) in [5.74, 6) is -0.996. The lowest BCUT2D eigenvalue weighted by molar-refractivity contribution is 0.102. The summed E-state index contributed by atoms with van der Waals surface area (Å²) in [5.41, 5.74) is -0.0965. The normalized spacial score (nSPS) is 10.0. The SMILES string of the molecule is CNc1nccc(C(=O)Nc2ncc[nH]2)c1F. The Labute approximate surface area is 96.3 Å². The number of carbonyl (C=O) groups excluding carboxylic acids is 1. The second-order valence-electron chi connectivity index (χ2n) is 3.16. The molecule has 0 radical (unpaired) electrons. The van der Waals surface area contributed by atoms with Crippen molar-refractivity contribution in [1.82, 2.24) is 15.0 Å². The Hall–Kier alpha value is -2.44. The molecule has 6 nitrogen and oxygen atoms in total. The fourth-order valence-electron chi connectivity index (χ4n) is 1.30. The smallest absolute Gasteiger partial charge is 0.261 e. The summed E-state index contributed by atoms with van der Waals surface area (Å²) >= 11 is 0. The third kappa shape index (κ3) is 2.22. The second-order valence-corrected chi connectivity index (χ2v) is 3.16. The lowest BCUT2D eigenvalue weighted by atomic mass is 10.2. The van der Waals surface area contributed by atoms with Crippen LogP contribution < -0.4 is 10.6 Å². The van der Waals surface area contributed by atoms with Crippen molar-refractivity contribution in [2.24, 2.45) is 0 Å². The minimum absolute atomic E-state index is 0.0251. The van der Waals surface area contributed by atoms with E-state index in [2.05, 4.69) is 25.6 Å². The average Bonchev–Trinajstić information content (AvgIpc) is 2.82. The fraction of sp³-hybridized carbons (Fsp3) is 0.100. The molecule has 0 aliphatic carbocycles. The van der Waals surface area contributed by atoms with Gasteiger partial charge >= 0.3 is 0 Å². The van der Waals surface area contributed by atoms with Crippen molar-refractivity contribution in [3.8, 4) is 0 Å². The molecule has 0 aliphatic rings. The first-order valence-electron chi connectivity index (χ1n) is 4.85. The molecular formula is C10H10FN5O. The summed E-state index contributed by atoms with van der Waals surface area (Å²) in [6, 6.07) is 1.30. The molecule has 2 heterocycles. The van der Waals surface area contributed by atoms with Crippen LogP contribution in [0, 0.1) is 5.82 Å². The van der Waals surface area contributed by atoms with E-state index in [0.29, 0.717) is 0 Å². The number of aromatic nitrogens is 3. The molecule has 2 aromatic rings. The maximum Gasteiger partial charge on any atom is 0.261 e. The zero-order valence-corrected chi connectivity index (χ0v) is 8.99. The van der Waals surface area contributed by atoms with E-state index >= 15 is 0 Å². The fourth-order valence-corrected chi connectivity index (χ4v) is 1.30. The molecule has 0 fully saturated rings. The molecule has 0 aliphatic heterocycles. The average molecular weight is 235 g/mol. The van der Waals surface area contributed by atoms with Gasteiger partial charge in [0.1, 0.15) is 0 Å². The molecule has 0 aromatic carbocycles. The largest absolute Gasteiger partial charge is 0.371 e. The van der Waals surface area contributed by atoms with Crippen molar-refractivity contribution in [2.45, 2.75) is 0 Å². The van der Waals surface area contributed by atoms with Gasteiger partial charge in [0, 0.05) is 25.6 Å². The third-order valence-corrected chi connectivity index (χ3v) is 2.10. The van der Waals surface area contributed by atoms with E-state index in [1.807, 2.05) is 0 Å². The number of aromatic amines is 1. The quantitative estimate of drug-likeness (QED) is 0.747. The number of amides is 1. The summed E-state index contributed by atoms with van der Waals surface area (Å²) in [7, 11) is 1.53. The highest BCUT2D eigenvalue weighted by molar-refractivity contribution is 6.03. The van der Waals surface area contributed by atoms with E-state index in [1.54, 1.807) is 6.20 Å². The molecular weight excluding hydrogens is 225 g/mol. The highest BCUT2D eigenvalue weighted by Gasteiger charge is 2.15. The number of imidazole rings is 1. The molecule has 0 spiro atoms. The van der Waals surface area contributed by atoms with Gasteiger partial charge in [0.25, 0.3) is 5.91 Å². The Morgan fingerprint density at radius 3 is 2.88 bits per heavy atom. The van der Waals surface area contributed by atoms with Crippen LogP contribution >= 0.6 is 0 Å². The van der Waals surface area contributed by atoms with Crippen LogP contribution in [0.2, 0.25) is 0 Å². The van der Waals surface area contributed by atoms with Crippen LogP contribution in [0.25, 0.3) is 0 Å². The zero-order chi connectivity index (χ0) is 12.3. The first kappa shape index (κ1) is 11.1. The van der Waals surface area contributed by atoms with E-state index in [0.717, 1.165) is 0 Å². The van der Waals surface area contributed by atoms with E-state index in [1.165, 1.54) is 25.5 Å². The van der Waals surface area contributed by atoms with Crippen LogP contribution in [0.1, 0.15) is 10.4 Å². The Kier molecular flexibility index (Phi) is 2.99. The minimum atomic E-state index is -0.695. The number of halogens is 1. The van der Waals surface area contributed by atoms with Gasteiger partial charge in [-0.3, -0.25) is 10.1 Å². The highest BCUT2D eigenvalue weighted by Crippen LogP contribution is 2.15. The summed E-state index contributed by atoms with van der Waals surface area (Å²) in [6.07, 6.45) is 4.39. The van der Waals surface area contributed by atoms with E-state index in [-0.39, 0.29) is 17.3 Å². The predicted octanol–water partition coefficient (Wildman–Crippen LogP) is 1.24. The molecule has 1 amide bonds. The van der Waals surface area contributed by atoms with Gasteiger partial charge < -0.3 is 10.3 Å². The van der Waals surface area contributed by atoms with Crippen molar-refractivity contribution in [3.05, 3.63) is 36.0 Å². The van der Waals surface area contributed by atoms with Gasteiger partial charge in [0.05, 0.1) is 5.56 Å². The summed E-state index contributed by atoms with van der Waals surface area (Å²) in [6.45, 7) is 0. The molecule has 0 atom stereocenters. The van der Waals surface area contributed by atoms with Crippen molar-refractivity contribution in [2.75, 3.05) is 17.7 Å². The highest BCUT2D eigenvalue weighted by atomic mass is 19.1. The Morgan fingerprint density at radius 2 is 2.24 bits per heavy atom. The number of hydrogen-bond donors (Lipinski definition) is 3. The molecule has 3 N–H and O–H groups in total. The maximum absolute atomic E-state index is 13.7. The van der Waals surface area contributed by atoms with Crippen molar-refractivity contribution in [3.63, 3.8) is 0 Å². The number of H-pyrrole nitrogens is 1. The van der Waals surface area contributed by atoms with Gasteiger partial charge in [0.15, 0.2) is 11.6 Å². The van der Waals surface area contributed by atoms with Crippen molar-refractivity contribution in [1.29, 1.82) is 0 Å². The topological polar surface area (TPSA) is 82.7 Å². The molecule has 0 bridgehead atoms. The summed E-state index contributed by atoms with van der Waals surface area (Å²) in [4.78, 5) is 22.0. The molecule has 7 heteroatoms. The molecule has 0 saturated heterocycles. The standard InChI is InChI=1S/C10H10FN5O/c1-12-8-7(11)6(2-3-13-8)9(17)16-10-14-4-5-15-10/h2-5H,1H3,(H,12,13)(H2,14,15,16,17). The number of rotatable bonds is 3. The molecule has 0 unspecified atom stereocenters. The zero-order valence-electron chi connectivity index (χ0n) is 8.99. The number of anilines is 2. The van der Waals surface area contributed by atoms with Gasteiger partial charge in [-0.2, -0.15) is 0 Å². The molecule has 2 rings (SSSR count). The number of carbonyl (C=O) groups is 1. The van der Waals surface area contributed by atoms with Gasteiger partial charge in [-0.05, 0) is 6.07 Å². The van der Waals surface area contributed by atoms with Crippen LogP contribution in [0.3, 0.4) is 0 Å². The lowest BCUT2D eigenvalue weighted by Crippen LogP contribution is -2.16. The van der Waals surface area contributed by atoms with Crippen LogP contribution in [0.5, 0.6) is 0 Å². The van der Waals surface area contributed by atoms with Gasteiger partial charge in [0.2, 0.25) is 5.95 Å². The van der Waals surface area contributed by atoms with Crippen LogP contribution in [0.15, 0.2) is 24.7 Å². The lowest BCUT2D eigenvalue weighted by Gasteiger charge is -2.06. The van der Waals surface area contributed by atoms with E-state index in [4.69, 9.17) is 0 Å². The van der Waals surface area contributed by atoms with Crippen molar-refractivity contribution >= 4 is 17.7 Å². The van der Waals surface area contributed by atoms with Crippen LogP contribution in [-0.4, -0.2) is 27.9 Å². The number of nitrogens with one attached hydrogen (secondary N) is 3. The first-order chi connectivity index (χ1) is 8.22. The first-order valence-corrected chi connectivity index (χ1v) is 4.85. The molecule has 88 valence electrons. The van der Waals surface area contributed by atoms with Crippen LogP contribution in [-0.2, 0) is 0 Å². The van der Waals surface area contributed by atoms with E-state index in [9.17, 15) is 9.18 Å². The third-order valence-electron chi connectivity index (χ3n) is 2.10. The Balaban J connectivity index is 2.25. The number of hydrogen-bond acceptors (Lipinski definition) is 4. The van der Waals surface area contributed by atoms with Gasteiger partial charge in [-0.25, -0.2) is 14.4 Å².